The predicted molar refractivity (Wildman–Crippen MR) is 88.4 cm³/mol. The zero-order chi connectivity index (χ0) is 14.7. The van der Waals surface area contributed by atoms with Crippen LogP contribution in [0.25, 0.3) is 11.4 Å². The largest absolute Gasteiger partial charge is 0.339 e. The molecule has 1 unspecified atom stereocenters. The van der Waals surface area contributed by atoms with Gasteiger partial charge < -0.3 is 10.2 Å². The first-order valence-electron chi connectivity index (χ1n) is 7.35. The van der Waals surface area contributed by atoms with Crippen LogP contribution in [-0.4, -0.2) is 41.9 Å². The van der Waals surface area contributed by atoms with E-state index in [4.69, 9.17) is 0 Å². The van der Waals surface area contributed by atoms with E-state index >= 15 is 0 Å². The molecule has 1 fully saturated rings. The SMILES string of the molecule is CNCC1CCCN(c2n[nH]c(-c3ccccc3Br)n2)C1. The lowest BCUT2D eigenvalue weighted by atomic mass is 9.98. The highest BCUT2D eigenvalue weighted by Crippen LogP contribution is 2.27. The zero-order valence-electron chi connectivity index (χ0n) is 12.1. The van der Waals surface area contributed by atoms with Gasteiger partial charge in [-0.25, -0.2) is 0 Å². The second-order valence-electron chi connectivity index (χ2n) is 5.48. The average molecular weight is 350 g/mol. The topological polar surface area (TPSA) is 56.8 Å². The summed E-state index contributed by atoms with van der Waals surface area (Å²) in [7, 11) is 2.01. The van der Waals surface area contributed by atoms with Gasteiger partial charge in [0, 0.05) is 23.1 Å². The minimum absolute atomic E-state index is 0.675. The van der Waals surface area contributed by atoms with Crippen molar-refractivity contribution in [3.63, 3.8) is 0 Å². The van der Waals surface area contributed by atoms with Gasteiger partial charge in [-0.1, -0.05) is 34.1 Å². The summed E-state index contributed by atoms with van der Waals surface area (Å²) in [6.45, 7) is 3.11. The van der Waals surface area contributed by atoms with E-state index in [-0.39, 0.29) is 0 Å². The maximum Gasteiger partial charge on any atom is 0.245 e. The Bertz CT molecular complexity index is 595. The van der Waals surface area contributed by atoms with Crippen LogP contribution in [0.1, 0.15) is 12.8 Å². The molecule has 112 valence electrons. The summed E-state index contributed by atoms with van der Waals surface area (Å²) in [5, 5.41) is 10.7. The maximum absolute atomic E-state index is 4.67. The Morgan fingerprint density at radius 1 is 1.43 bits per heavy atom. The van der Waals surface area contributed by atoms with Crippen LogP contribution in [0.15, 0.2) is 28.7 Å². The molecule has 0 amide bonds. The summed E-state index contributed by atoms with van der Waals surface area (Å²) in [6.07, 6.45) is 2.48. The Balaban J connectivity index is 1.77. The van der Waals surface area contributed by atoms with Crippen molar-refractivity contribution in [1.82, 2.24) is 20.5 Å². The van der Waals surface area contributed by atoms with E-state index in [0.717, 1.165) is 41.4 Å². The van der Waals surface area contributed by atoms with E-state index in [0.29, 0.717) is 5.92 Å². The summed E-state index contributed by atoms with van der Waals surface area (Å²) in [4.78, 5) is 6.95. The molecule has 1 saturated heterocycles. The van der Waals surface area contributed by atoms with Crippen LogP contribution >= 0.6 is 15.9 Å². The third-order valence-corrected chi connectivity index (χ3v) is 4.59. The highest BCUT2D eigenvalue weighted by atomic mass is 79.9. The van der Waals surface area contributed by atoms with Crippen LogP contribution in [0.4, 0.5) is 5.95 Å². The summed E-state index contributed by atoms with van der Waals surface area (Å²) in [5.41, 5.74) is 1.04. The summed E-state index contributed by atoms with van der Waals surface area (Å²) in [6, 6.07) is 8.06. The quantitative estimate of drug-likeness (QED) is 0.890. The van der Waals surface area contributed by atoms with Crippen LogP contribution in [0.3, 0.4) is 0 Å². The van der Waals surface area contributed by atoms with Gasteiger partial charge in [0.05, 0.1) is 0 Å². The van der Waals surface area contributed by atoms with Crippen molar-refractivity contribution in [1.29, 1.82) is 0 Å². The number of nitrogens with one attached hydrogen (secondary N) is 2. The monoisotopic (exact) mass is 349 g/mol. The van der Waals surface area contributed by atoms with Gasteiger partial charge in [-0.05, 0) is 38.4 Å². The third-order valence-electron chi connectivity index (χ3n) is 3.90. The summed E-state index contributed by atoms with van der Waals surface area (Å²) in [5.74, 6) is 2.30. The molecule has 1 aliphatic heterocycles. The van der Waals surface area contributed by atoms with E-state index in [9.17, 15) is 0 Å². The summed E-state index contributed by atoms with van der Waals surface area (Å²) < 4.78 is 1.03. The van der Waals surface area contributed by atoms with Crippen molar-refractivity contribution in [3.8, 4) is 11.4 Å². The van der Waals surface area contributed by atoms with Crippen molar-refractivity contribution >= 4 is 21.9 Å². The number of hydrogen-bond acceptors (Lipinski definition) is 4. The van der Waals surface area contributed by atoms with Gasteiger partial charge in [0.15, 0.2) is 5.82 Å². The molecular formula is C15H20BrN5. The predicted octanol–water partition coefficient (Wildman–Crippen LogP) is 2.67. The molecule has 3 rings (SSSR count). The van der Waals surface area contributed by atoms with Gasteiger partial charge in [-0.15, -0.1) is 5.10 Å². The van der Waals surface area contributed by atoms with Crippen molar-refractivity contribution in [3.05, 3.63) is 28.7 Å². The Hall–Kier alpha value is -1.40. The van der Waals surface area contributed by atoms with E-state index in [1.165, 1.54) is 12.8 Å². The average Bonchev–Trinajstić information content (AvgIpc) is 2.98. The molecule has 0 bridgehead atoms. The number of H-pyrrole nitrogens is 1. The van der Waals surface area contributed by atoms with Crippen LogP contribution in [0.2, 0.25) is 0 Å². The Kier molecular flexibility index (Phi) is 4.55. The van der Waals surface area contributed by atoms with Gasteiger partial charge >= 0.3 is 0 Å². The van der Waals surface area contributed by atoms with Crippen LogP contribution < -0.4 is 10.2 Å². The molecule has 0 spiro atoms. The number of halogens is 1. The highest BCUT2D eigenvalue weighted by molar-refractivity contribution is 9.10. The number of anilines is 1. The fourth-order valence-electron chi connectivity index (χ4n) is 2.87. The van der Waals surface area contributed by atoms with Gasteiger partial charge in [0.2, 0.25) is 5.95 Å². The molecule has 1 aromatic heterocycles. The molecule has 6 heteroatoms. The van der Waals surface area contributed by atoms with Gasteiger partial charge in [-0.2, -0.15) is 4.98 Å². The Labute approximate surface area is 133 Å². The lowest BCUT2D eigenvalue weighted by Gasteiger charge is -2.31. The number of aromatic nitrogens is 3. The minimum atomic E-state index is 0.675. The molecule has 1 aromatic carbocycles. The van der Waals surface area contributed by atoms with Gasteiger partial charge in [0.25, 0.3) is 0 Å². The standard InChI is InChI=1S/C15H20BrN5/c1-17-9-11-5-4-8-21(10-11)15-18-14(19-20-15)12-6-2-3-7-13(12)16/h2-3,6-7,11,17H,4-5,8-10H2,1H3,(H,18,19,20). The Morgan fingerprint density at radius 3 is 3.10 bits per heavy atom. The third kappa shape index (κ3) is 3.27. The lowest BCUT2D eigenvalue weighted by molar-refractivity contribution is 0.399. The van der Waals surface area contributed by atoms with E-state index in [1.807, 2.05) is 31.3 Å². The zero-order valence-corrected chi connectivity index (χ0v) is 13.7. The van der Waals surface area contributed by atoms with Gasteiger partial charge in [0.1, 0.15) is 0 Å². The number of hydrogen-bond donors (Lipinski definition) is 2. The first-order chi connectivity index (χ1) is 10.3. The smallest absolute Gasteiger partial charge is 0.245 e. The van der Waals surface area contributed by atoms with E-state index in [1.54, 1.807) is 0 Å². The Morgan fingerprint density at radius 2 is 2.29 bits per heavy atom. The number of rotatable bonds is 4. The van der Waals surface area contributed by atoms with Crippen LogP contribution in [0, 0.1) is 5.92 Å². The van der Waals surface area contributed by atoms with E-state index < -0.39 is 0 Å². The molecule has 2 heterocycles. The molecule has 0 aliphatic carbocycles. The van der Waals surface area contributed by atoms with Crippen molar-refractivity contribution in [2.75, 3.05) is 31.6 Å². The maximum atomic E-state index is 4.67. The first-order valence-corrected chi connectivity index (χ1v) is 8.14. The number of nitrogens with zero attached hydrogens (tertiary/aromatic N) is 3. The van der Waals surface area contributed by atoms with Crippen molar-refractivity contribution in [2.24, 2.45) is 5.92 Å². The van der Waals surface area contributed by atoms with E-state index in [2.05, 4.69) is 41.3 Å². The summed E-state index contributed by atoms with van der Waals surface area (Å²) >= 11 is 3.56. The van der Waals surface area contributed by atoms with Crippen molar-refractivity contribution in [2.45, 2.75) is 12.8 Å². The number of piperidine rings is 1. The normalized spacial score (nSPS) is 19.0. The first kappa shape index (κ1) is 14.5. The molecule has 5 nitrogen and oxygen atoms in total. The molecule has 2 aromatic rings. The molecule has 1 atom stereocenters. The lowest BCUT2D eigenvalue weighted by Crippen LogP contribution is -2.39. The molecule has 2 N–H and O–H groups in total. The molecular weight excluding hydrogens is 330 g/mol. The van der Waals surface area contributed by atoms with Crippen LogP contribution in [0.5, 0.6) is 0 Å². The molecule has 0 saturated carbocycles. The fraction of sp³-hybridized carbons (Fsp3) is 0.467. The molecule has 21 heavy (non-hydrogen) atoms. The minimum Gasteiger partial charge on any atom is -0.339 e. The number of aromatic amines is 1. The van der Waals surface area contributed by atoms with Gasteiger partial charge in [-0.3, -0.25) is 5.10 Å². The second kappa shape index (κ2) is 6.58. The second-order valence-corrected chi connectivity index (χ2v) is 6.33. The highest BCUT2D eigenvalue weighted by Gasteiger charge is 2.22. The van der Waals surface area contributed by atoms with Crippen molar-refractivity contribution < 1.29 is 0 Å². The molecule has 0 radical (unpaired) electrons. The fourth-order valence-corrected chi connectivity index (χ4v) is 3.34. The number of benzene rings is 1. The molecule has 1 aliphatic rings. The van der Waals surface area contributed by atoms with Crippen LogP contribution in [-0.2, 0) is 0 Å².